The van der Waals surface area contributed by atoms with Gasteiger partial charge in [-0.1, -0.05) is 54.6 Å². The fraction of sp³-hybridized carbons (Fsp3) is 0.0857. The number of ether oxygens (including phenoxy) is 3. The van der Waals surface area contributed by atoms with Gasteiger partial charge in [-0.2, -0.15) is 0 Å². The van der Waals surface area contributed by atoms with E-state index in [-0.39, 0.29) is 0 Å². The topological polar surface area (TPSA) is 68.3 Å². The molecule has 0 heterocycles. The van der Waals surface area contributed by atoms with Gasteiger partial charge in [0, 0.05) is 53.2 Å². The Kier molecular flexibility index (Phi) is 8.79. The predicted octanol–water partition coefficient (Wildman–Crippen LogP) is 8.10. The molecule has 0 aliphatic rings. The van der Waals surface area contributed by atoms with Gasteiger partial charge in [0.15, 0.2) is 6.61 Å². The highest BCUT2D eigenvalue weighted by Gasteiger charge is 2.18. The average molecular weight is 559 g/mol. The minimum absolute atomic E-state index is 0.337. The summed E-state index contributed by atoms with van der Waals surface area (Å²) in [6.07, 6.45) is 0. The van der Waals surface area contributed by atoms with Crippen molar-refractivity contribution in [2.24, 2.45) is 0 Å². The van der Waals surface area contributed by atoms with Crippen molar-refractivity contribution < 1.29 is 23.8 Å². The number of carbonyl (C=O) groups is 2. The largest absolute Gasteiger partial charge is 0.497 e. The second-order valence-corrected chi connectivity index (χ2v) is 9.31. The molecule has 0 atom stereocenters. The second kappa shape index (κ2) is 13.2. The minimum Gasteiger partial charge on any atom is -0.497 e. The molecule has 5 aromatic carbocycles. The van der Waals surface area contributed by atoms with Crippen molar-refractivity contribution in [2.75, 3.05) is 23.5 Å². The van der Waals surface area contributed by atoms with Crippen LogP contribution in [-0.2, 0) is 14.3 Å². The van der Waals surface area contributed by atoms with Gasteiger partial charge in [-0.15, -0.1) is 0 Å². The molecule has 0 spiro atoms. The SMILES string of the molecule is COc1cccc(N(c2ccccc2)c2cccc(N(c3ccccc3)c3cccc(OC(=O)COC(C)=O)c3)c2)c1. The van der Waals surface area contributed by atoms with Gasteiger partial charge in [-0.05, 0) is 66.7 Å². The van der Waals surface area contributed by atoms with Crippen molar-refractivity contribution >= 4 is 46.1 Å². The van der Waals surface area contributed by atoms with E-state index in [0.717, 1.165) is 39.9 Å². The van der Waals surface area contributed by atoms with E-state index < -0.39 is 18.5 Å². The van der Waals surface area contributed by atoms with Crippen LogP contribution < -0.4 is 19.3 Å². The highest BCUT2D eigenvalue weighted by molar-refractivity contribution is 5.84. The maximum absolute atomic E-state index is 12.2. The van der Waals surface area contributed by atoms with E-state index in [1.807, 2.05) is 97.1 Å². The van der Waals surface area contributed by atoms with Crippen LogP contribution in [0.25, 0.3) is 0 Å². The second-order valence-electron chi connectivity index (χ2n) is 9.31. The molecule has 0 saturated heterocycles. The lowest BCUT2D eigenvalue weighted by atomic mass is 10.1. The fourth-order valence-corrected chi connectivity index (χ4v) is 4.58. The predicted molar refractivity (Wildman–Crippen MR) is 165 cm³/mol. The van der Waals surface area contributed by atoms with E-state index in [1.165, 1.54) is 6.92 Å². The van der Waals surface area contributed by atoms with Crippen LogP contribution in [0.2, 0.25) is 0 Å². The molecule has 0 aliphatic heterocycles. The number of hydrogen-bond acceptors (Lipinski definition) is 7. The Bertz CT molecular complexity index is 1660. The number of esters is 2. The highest BCUT2D eigenvalue weighted by atomic mass is 16.6. The first kappa shape index (κ1) is 28.0. The summed E-state index contributed by atoms with van der Waals surface area (Å²) in [6, 6.07) is 43.5. The third-order valence-corrected chi connectivity index (χ3v) is 6.39. The number of anilines is 6. The van der Waals surface area contributed by atoms with Gasteiger partial charge >= 0.3 is 11.9 Å². The Morgan fingerprint density at radius 3 is 1.48 bits per heavy atom. The molecular weight excluding hydrogens is 528 g/mol. The maximum Gasteiger partial charge on any atom is 0.349 e. The van der Waals surface area contributed by atoms with Gasteiger partial charge in [-0.25, -0.2) is 4.79 Å². The van der Waals surface area contributed by atoms with E-state index >= 15 is 0 Å². The molecule has 0 aromatic heterocycles. The first-order chi connectivity index (χ1) is 20.5. The lowest BCUT2D eigenvalue weighted by Crippen LogP contribution is -2.17. The van der Waals surface area contributed by atoms with E-state index in [1.54, 1.807) is 19.2 Å². The van der Waals surface area contributed by atoms with Gasteiger partial charge in [0.05, 0.1) is 7.11 Å². The molecule has 7 heteroatoms. The highest BCUT2D eigenvalue weighted by Crippen LogP contribution is 2.41. The zero-order chi connectivity index (χ0) is 29.3. The maximum atomic E-state index is 12.2. The molecule has 0 amide bonds. The van der Waals surface area contributed by atoms with Crippen LogP contribution in [0, 0.1) is 0 Å². The summed E-state index contributed by atoms with van der Waals surface area (Å²) in [5, 5.41) is 0. The number of benzene rings is 5. The van der Waals surface area contributed by atoms with Gasteiger partial charge in [0.1, 0.15) is 11.5 Å². The lowest BCUT2D eigenvalue weighted by molar-refractivity contribution is -0.152. The molecule has 0 radical (unpaired) electrons. The van der Waals surface area contributed by atoms with Crippen LogP contribution in [0.4, 0.5) is 34.1 Å². The van der Waals surface area contributed by atoms with Gasteiger partial charge < -0.3 is 24.0 Å². The van der Waals surface area contributed by atoms with Crippen LogP contribution >= 0.6 is 0 Å². The van der Waals surface area contributed by atoms with Crippen molar-refractivity contribution in [1.82, 2.24) is 0 Å². The molecule has 0 aliphatic carbocycles. The Morgan fingerprint density at radius 1 is 0.548 bits per heavy atom. The fourth-order valence-electron chi connectivity index (χ4n) is 4.58. The first-order valence-corrected chi connectivity index (χ1v) is 13.4. The van der Waals surface area contributed by atoms with Crippen LogP contribution in [0.5, 0.6) is 11.5 Å². The average Bonchev–Trinajstić information content (AvgIpc) is 3.02. The summed E-state index contributed by atoms with van der Waals surface area (Å²) in [7, 11) is 1.66. The molecule has 0 bridgehead atoms. The monoisotopic (exact) mass is 558 g/mol. The normalized spacial score (nSPS) is 10.4. The number of hydrogen-bond donors (Lipinski definition) is 0. The Balaban J connectivity index is 1.57. The summed E-state index contributed by atoms with van der Waals surface area (Å²) >= 11 is 0. The Labute approximate surface area is 245 Å². The first-order valence-electron chi connectivity index (χ1n) is 13.4. The zero-order valence-electron chi connectivity index (χ0n) is 23.3. The number of methoxy groups -OCH3 is 1. The van der Waals surface area contributed by atoms with Crippen LogP contribution in [0.1, 0.15) is 6.92 Å². The molecule has 0 unspecified atom stereocenters. The van der Waals surface area contributed by atoms with Crippen molar-refractivity contribution in [3.05, 3.63) is 133 Å². The number of nitrogens with zero attached hydrogens (tertiary/aromatic N) is 2. The van der Waals surface area contributed by atoms with Crippen molar-refractivity contribution in [2.45, 2.75) is 6.92 Å². The Morgan fingerprint density at radius 2 is 0.976 bits per heavy atom. The van der Waals surface area contributed by atoms with Crippen LogP contribution in [0.3, 0.4) is 0 Å². The third-order valence-electron chi connectivity index (χ3n) is 6.39. The van der Waals surface area contributed by atoms with Gasteiger partial charge in [0.25, 0.3) is 0 Å². The molecule has 7 nitrogen and oxygen atoms in total. The lowest BCUT2D eigenvalue weighted by Gasteiger charge is -2.29. The zero-order valence-corrected chi connectivity index (χ0v) is 23.3. The van der Waals surface area contributed by atoms with E-state index in [9.17, 15) is 9.59 Å². The quantitative estimate of drug-likeness (QED) is 0.127. The van der Waals surface area contributed by atoms with Crippen molar-refractivity contribution in [3.8, 4) is 11.5 Å². The molecule has 0 N–H and O–H groups in total. The molecule has 0 fully saturated rings. The molecule has 42 heavy (non-hydrogen) atoms. The van der Waals surface area contributed by atoms with E-state index in [0.29, 0.717) is 5.75 Å². The van der Waals surface area contributed by atoms with Crippen molar-refractivity contribution in [1.29, 1.82) is 0 Å². The van der Waals surface area contributed by atoms with E-state index in [2.05, 4.69) is 34.1 Å². The third kappa shape index (κ3) is 6.77. The molecule has 210 valence electrons. The standard InChI is InChI=1S/C35H30N2O5/c1-26(38)41-25-35(39)42-34-21-11-19-32(24-34)37(28-14-7-4-8-15-28)30-17-9-16-29(22-30)36(27-12-5-3-6-13-27)31-18-10-20-33(23-31)40-2/h3-24H,25H2,1-2H3. The van der Waals surface area contributed by atoms with Crippen LogP contribution in [-0.4, -0.2) is 25.7 Å². The van der Waals surface area contributed by atoms with E-state index in [4.69, 9.17) is 14.2 Å². The molecule has 5 aromatic rings. The summed E-state index contributed by atoms with van der Waals surface area (Å²) in [6.45, 7) is 0.788. The summed E-state index contributed by atoms with van der Waals surface area (Å²) in [5.41, 5.74) is 5.48. The summed E-state index contributed by atoms with van der Waals surface area (Å²) < 4.78 is 15.8. The van der Waals surface area contributed by atoms with Crippen LogP contribution in [0.15, 0.2) is 133 Å². The number of carbonyl (C=O) groups excluding carboxylic acids is 2. The molecular formula is C35H30N2O5. The summed E-state index contributed by atoms with van der Waals surface area (Å²) in [5.74, 6) is -0.110. The number of para-hydroxylation sites is 2. The van der Waals surface area contributed by atoms with Gasteiger partial charge in [0.2, 0.25) is 0 Å². The van der Waals surface area contributed by atoms with Gasteiger partial charge in [-0.3, -0.25) is 4.79 Å². The smallest absolute Gasteiger partial charge is 0.349 e. The molecule has 0 saturated carbocycles. The number of rotatable bonds is 10. The van der Waals surface area contributed by atoms with Crippen molar-refractivity contribution in [3.63, 3.8) is 0 Å². The molecule has 5 rings (SSSR count). The summed E-state index contributed by atoms with van der Waals surface area (Å²) in [4.78, 5) is 27.6. The minimum atomic E-state index is -0.660. The Hall–Kier alpha value is -5.56.